The Hall–Kier alpha value is -2.18. The normalized spacial score (nSPS) is 20.3. The van der Waals surface area contributed by atoms with Crippen molar-refractivity contribution < 1.29 is 14.7 Å². The van der Waals surface area contributed by atoms with Gasteiger partial charge in [0.05, 0.1) is 0 Å². The summed E-state index contributed by atoms with van der Waals surface area (Å²) in [6, 6.07) is 1.78. The molecule has 1 aliphatic carbocycles. The summed E-state index contributed by atoms with van der Waals surface area (Å²) >= 11 is 0. The lowest BCUT2D eigenvalue weighted by molar-refractivity contribution is -0.308. The van der Waals surface area contributed by atoms with Gasteiger partial charge in [0.15, 0.2) is 0 Å². The molecule has 1 aromatic heterocycles. The third-order valence-corrected chi connectivity index (χ3v) is 5.43. The van der Waals surface area contributed by atoms with Gasteiger partial charge in [0, 0.05) is 51.0 Å². The van der Waals surface area contributed by atoms with Crippen LogP contribution in [-0.2, 0) is 9.59 Å². The number of piperazine rings is 1. The van der Waals surface area contributed by atoms with Crippen LogP contribution in [0.5, 0.6) is 0 Å². The molecule has 25 heavy (non-hydrogen) atoms. The summed E-state index contributed by atoms with van der Waals surface area (Å²) in [6.07, 6.45) is 8.49. The Balaban J connectivity index is 1.57. The molecule has 0 bridgehead atoms. The molecule has 0 spiro atoms. The van der Waals surface area contributed by atoms with Crippen molar-refractivity contribution in [3.05, 3.63) is 18.5 Å². The number of carboxylic acids is 1. The second-order valence-electron chi connectivity index (χ2n) is 7.20. The molecule has 0 unspecified atom stereocenters. The zero-order valence-corrected chi connectivity index (χ0v) is 14.5. The van der Waals surface area contributed by atoms with E-state index in [-0.39, 0.29) is 12.3 Å². The number of aliphatic carboxylic acids is 1. The van der Waals surface area contributed by atoms with Gasteiger partial charge in [-0.2, -0.15) is 0 Å². The van der Waals surface area contributed by atoms with E-state index in [4.69, 9.17) is 0 Å². The van der Waals surface area contributed by atoms with Crippen LogP contribution in [0.2, 0.25) is 0 Å². The van der Waals surface area contributed by atoms with E-state index in [1.165, 1.54) is 0 Å². The maximum Gasteiger partial charge on any atom is 0.225 e. The quantitative estimate of drug-likeness (QED) is 0.777. The summed E-state index contributed by atoms with van der Waals surface area (Å²) in [5, 5.41) is 11.2. The molecule has 3 rings (SSSR count). The fraction of sp³-hybridized carbons (Fsp3) is 0.667. The molecule has 0 atom stereocenters. The molecule has 2 fully saturated rings. The van der Waals surface area contributed by atoms with Crippen LogP contribution in [-0.4, -0.2) is 52.9 Å². The van der Waals surface area contributed by atoms with Crippen molar-refractivity contribution in [2.24, 2.45) is 5.41 Å². The highest BCUT2D eigenvalue weighted by atomic mass is 16.4. The first-order chi connectivity index (χ1) is 12.1. The van der Waals surface area contributed by atoms with Crippen LogP contribution < -0.4 is 10.0 Å². The topological polar surface area (TPSA) is 89.5 Å². The van der Waals surface area contributed by atoms with E-state index in [1.807, 2.05) is 4.90 Å². The fourth-order valence-corrected chi connectivity index (χ4v) is 4.07. The number of rotatable bonds is 5. The van der Waals surface area contributed by atoms with Crippen LogP contribution in [0.3, 0.4) is 0 Å². The zero-order chi connectivity index (χ0) is 17.7. The zero-order valence-electron chi connectivity index (χ0n) is 14.5. The van der Waals surface area contributed by atoms with Crippen molar-refractivity contribution in [3.8, 4) is 0 Å². The SMILES string of the molecule is O=C([O-])CC1(CC(=O)N2CCN(c3ncccn3)CC2)CCCCC1. The minimum absolute atomic E-state index is 0.00341. The Bertz CT molecular complexity index is 594. The van der Waals surface area contributed by atoms with Crippen LogP contribution in [0, 0.1) is 5.41 Å². The largest absolute Gasteiger partial charge is 0.550 e. The molecule has 2 heterocycles. The Labute approximate surface area is 148 Å². The summed E-state index contributed by atoms with van der Waals surface area (Å²) in [6.45, 7) is 2.64. The van der Waals surface area contributed by atoms with E-state index in [1.54, 1.807) is 18.5 Å². The molecular formula is C18H25N4O3-. The summed E-state index contributed by atoms with van der Waals surface area (Å²) in [7, 11) is 0. The van der Waals surface area contributed by atoms with E-state index in [9.17, 15) is 14.7 Å². The molecule has 136 valence electrons. The minimum atomic E-state index is -1.04. The van der Waals surface area contributed by atoms with Crippen molar-refractivity contribution in [1.29, 1.82) is 0 Å². The number of hydrogen-bond acceptors (Lipinski definition) is 6. The number of anilines is 1. The van der Waals surface area contributed by atoms with Crippen LogP contribution in [0.15, 0.2) is 18.5 Å². The molecule has 7 heteroatoms. The summed E-state index contributed by atoms with van der Waals surface area (Å²) in [5.74, 6) is -0.284. The predicted octanol–water partition coefficient (Wildman–Crippen LogP) is 0.606. The van der Waals surface area contributed by atoms with Gasteiger partial charge in [-0.05, 0) is 30.7 Å². The van der Waals surface area contributed by atoms with Gasteiger partial charge < -0.3 is 19.7 Å². The van der Waals surface area contributed by atoms with Gasteiger partial charge in [0.25, 0.3) is 0 Å². The van der Waals surface area contributed by atoms with Crippen molar-refractivity contribution in [2.45, 2.75) is 44.9 Å². The molecule has 1 saturated carbocycles. The van der Waals surface area contributed by atoms with Gasteiger partial charge in [-0.3, -0.25) is 4.79 Å². The Morgan fingerprint density at radius 1 is 1.00 bits per heavy atom. The standard InChI is InChI=1S/C18H26N4O3/c23-15(13-18(14-16(24)25)5-2-1-3-6-18)21-9-11-22(12-10-21)17-19-7-4-8-20-17/h4,7-8H,1-3,5-6,9-14H2,(H,24,25)/p-1. The molecular weight excluding hydrogens is 320 g/mol. The van der Waals surface area contributed by atoms with Crippen molar-refractivity contribution in [3.63, 3.8) is 0 Å². The third-order valence-electron chi connectivity index (χ3n) is 5.43. The smallest absolute Gasteiger partial charge is 0.225 e. The number of carbonyl (C=O) groups excluding carboxylic acids is 2. The van der Waals surface area contributed by atoms with Gasteiger partial charge in [-0.25, -0.2) is 9.97 Å². The molecule has 1 amide bonds. The average Bonchev–Trinajstić information content (AvgIpc) is 2.62. The second-order valence-corrected chi connectivity index (χ2v) is 7.20. The first-order valence-corrected chi connectivity index (χ1v) is 9.08. The van der Waals surface area contributed by atoms with Crippen LogP contribution in [0.1, 0.15) is 44.9 Å². The van der Waals surface area contributed by atoms with E-state index in [2.05, 4.69) is 14.9 Å². The van der Waals surface area contributed by atoms with Crippen LogP contribution in [0.4, 0.5) is 5.95 Å². The van der Waals surface area contributed by atoms with Crippen molar-refractivity contribution >= 4 is 17.8 Å². The highest BCUT2D eigenvalue weighted by Crippen LogP contribution is 2.42. The first-order valence-electron chi connectivity index (χ1n) is 9.08. The number of hydrogen-bond donors (Lipinski definition) is 0. The van der Waals surface area contributed by atoms with E-state index < -0.39 is 11.4 Å². The molecule has 7 nitrogen and oxygen atoms in total. The third kappa shape index (κ3) is 4.46. The molecule has 0 N–H and O–H groups in total. The monoisotopic (exact) mass is 345 g/mol. The lowest BCUT2D eigenvalue weighted by Crippen LogP contribution is -2.50. The minimum Gasteiger partial charge on any atom is -0.550 e. The summed E-state index contributed by atoms with van der Waals surface area (Å²) in [4.78, 5) is 36.4. The summed E-state index contributed by atoms with van der Waals surface area (Å²) < 4.78 is 0. The molecule has 0 radical (unpaired) electrons. The van der Waals surface area contributed by atoms with Crippen molar-refractivity contribution in [1.82, 2.24) is 14.9 Å². The first kappa shape index (κ1) is 17.6. The average molecular weight is 345 g/mol. The van der Waals surface area contributed by atoms with Crippen LogP contribution in [0.25, 0.3) is 0 Å². The number of nitrogens with zero attached hydrogens (tertiary/aromatic N) is 4. The number of amides is 1. The lowest BCUT2D eigenvalue weighted by atomic mass is 9.69. The number of aromatic nitrogens is 2. The molecule has 1 saturated heterocycles. The highest BCUT2D eigenvalue weighted by Gasteiger charge is 2.36. The van der Waals surface area contributed by atoms with E-state index in [0.717, 1.165) is 32.1 Å². The molecule has 0 aromatic carbocycles. The Morgan fingerprint density at radius 3 is 2.24 bits per heavy atom. The number of carbonyl (C=O) groups is 2. The predicted molar refractivity (Wildman–Crippen MR) is 90.6 cm³/mol. The maximum atomic E-state index is 12.8. The Kier molecular flexibility index (Phi) is 5.50. The molecule has 1 aliphatic heterocycles. The van der Waals surface area contributed by atoms with E-state index >= 15 is 0 Å². The van der Waals surface area contributed by atoms with Gasteiger partial charge >= 0.3 is 0 Å². The van der Waals surface area contributed by atoms with E-state index in [0.29, 0.717) is 38.5 Å². The van der Waals surface area contributed by atoms with Crippen LogP contribution >= 0.6 is 0 Å². The van der Waals surface area contributed by atoms with Gasteiger partial charge in [0.1, 0.15) is 0 Å². The number of carboxylic acid groups (broad SMARTS) is 1. The molecule has 1 aromatic rings. The van der Waals surface area contributed by atoms with Gasteiger partial charge in [-0.15, -0.1) is 0 Å². The molecule has 2 aliphatic rings. The Morgan fingerprint density at radius 2 is 1.64 bits per heavy atom. The van der Waals surface area contributed by atoms with Gasteiger partial charge in [0.2, 0.25) is 11.9 Å². The summed E-state index contributed by atoms with van der Waals surface area (Å²) in [5.41, 5.74) is -0.409. The fourth-order valence-electron chi connectivity index (χ4n) is 4.07. The lowest BCUT2D eigenvalue weighted by Gasteiger charge is -2.40. The van der Waals surface area contributed by atoms with Gasteiger partial charge in [-0.1, -0.05) is 19.3 Å². The highest BCUT2D eigenvalue weighted by molar-refractivity contribution is 5.78. The maximum absolute atomic E-state index is 12.8. The van der Waals surface area contributed by atoms with Crippen molar-refractivity contribution in [2.75, 3.05) is 31.1 Å². The second kappa shape index (κ2) is 7.80.